The monoisotopic (exact) mass is 392 g/mol. The minimum atomic E-state index is -0.944. The van der Waals surface area contributed by atoms with Crippen LogP contribution < -0.4 is 15.2 Å². The highest BCUT2D eigenvalue weighted by Crippen LogP contribution is 2.30. The lowest BCUT2D eigenvalue weighted by Crippen LogP contribution is -2.40. The Bertz CT molecular complexity index is 746. The predicted octanol–water partition coefficient (Wildman–Crippen LogP) is 2.28. The second-order valence-corrected chi connectivity index (χ2v) is 7.51. The van der Waals surface area contributed by atoms with Gasteiger partial charge in [0.2, 0.25) is 5.91 Å². The number of hydrogen-bond donors (Lipinski definition) is 1. The molecule has 1 aliphatic rings. The van der Waals surface area contributed by atoms with Crippen LogP contribution in [0.15, 0.2) is 18.2 Å². The molecule has 2 rings (SSSR count). The number of nitrogens with zero attached hydrogens (tertiary/aromatic N) is 1. The summed E-state index contributed by atoms with van der Waals surface area (Å²) in [5, 5.41) is 0. The summed E-state index contributed by atoms with van der Waals surface area (Å²) < 4.78 is 15.7. The van der Waals surface area contributed by atoms with Crippen LogP contribution in [-0.4, -0.2) is 49.0 Å². The van der Waals surface area contributed by atoms with E-state index in [1.807, 2.05) is 6.07 Å². The van der Waals surface area contributed by atoms with E-state index in [1.165, 1.54) is 0 Å². The molecule has 8 heteroatoms. The summed E-state index contributed by atoms with van der Waals surface area (Å²) in [6, 6.07) is 5.39. The average molecular weight is 392 g/mol. The first-order valence-corrected chi connectivity index (χ1v) is 9.15. The van der Waals surface area contributed by atoms with Gasteiger partial charge in [0.25, 0.3) is 0 Å². The van der Waals surface area contributed by atoms with Crippen molar-refractivity contribution in [3.63, 3.8) is 0 Å². The van der Waals surface area contributed by atoms with E-state index < -0.39 is 17.6 Å². The lowest BCUT2D eigenvalue weighted by Gasteiger charge is -2.30. The minimum absolute atomic E-state index is 0.0115. The molecule has 1 aromatic rings. The summed E-state index contributed by atoms with van der Waals surface area (Å²) >= 11 is 0. The molecule has 8 nitrogen and oxygen atoms in total. The van der Waals surface area contributed by atoms with Crippen LogP contribution >= 0.6 is 0 Å². The topological polar surface area (TPSA) is 108 Å². The molecule has 0 spiro atoms. The van der Waals surface area contributed by atoms with Gasteiger partial charge >= 0.3 is 6.09 Å². The second-order valence-electron chi connectivity index (χ2n) is 7.51. The summed E-state index contributed by atoms with van der Waals surface area (Å²) in [7, 11) is 3.12. The summed E-state index contributed by atoms with van der Waals surface area (Å²) in [4.78, 5) is 38.1. The lowest BCUT2D eigenvalue weighted by molar-refractivity contribution is -0.138. The van der Waals surface area contributed by atoms with Crippen LogP contribution in [0.4, 0.5) is 4.79 Å². The number of nitrogens with two attached hydrogens (primary N) is 1. The molecule has 0 aliphatic carbocycles. The molecular formula is C20H28N2O6. The molecule has 28 heavy (non-hydrogen) atoms. The van der Waals surface area contributed by atoms with Crippen molar-refractivity contribution in [1.82, 2.24) is 4.90 Å². The van der Waals surface area contributed by atoms with Crippen molar-refractivity contribution < 1.29 is 28.6 Å². The first kappa shape index (κ1) is 21.5. The van der Waals surface area contributed by atoms with Crippen molar-refractivity contribution in [2.45, 2.75) is 45.3 Å². The maximum Gasteiger partial charge on any atom is 0.405 e. The van der Waals surface area contributed by atoms with Gasteiger partial charge in [-0.3, -0.25) is 9.59 Å². The number of carbonyl (C=O) groups is 3. The van der Waals surface area contributed by atoms with Crippen molar-refractivity contribution in [2.75, 3.05) is 20.8 Å². The molecule has 1 aliphatic heterocycles. The predicted molar refractivity (Wildman–Crippen MR) is 102 cm³/mol. The molecular weight excluding hydrogens is 364 g/mol. The van der Waals surface area contributed by atoms with Crippen LogP contribution in [0, 0.1) is 5.92 Å². The summed E-state index contributed by atoms with van der Waals surface area (Å²) in [6.45, 7) is 4.00. The number of methoxy groups -OCH3 is 2. The Kier molecular flexibility index (Phi) is 6.88. The van der Waals surface area contributed by atoms with Gasteiger partial charge in [-0.05, 0) is 32.4 Å². The molecule has 2 N–H and O–H groups in total. The van der Waals surface area contributed by atoms with E-state index in [1.54, 1.807) is 45.1 Å². The molecule has 1 fully saturated rings. The molecule has 2 amide bonds. The number of Topliss-reactive ketones (excluding diaryl/α,β-unsaturated/α-hetero) is 1. The summed E-state index contributed by atoms with van der Waals surface area (Å²) in [6.07, 6.45) is -0.271. The van der Waals surface area contributed by atoms with Gasteiger partial charge in [0.05, 0.1) is 14.2 Å². The molecule has 1 aromatic carbocycles. The van der Waals surface area contributed by atoms with Gasteiger partial charge in [-0.2, -0.15) is 0 Å². The standard InChI is InChI=1S/C20H28N2O6/c1-20(2,28-19(21)25)11-14-9-15(23)7-8-22(18(14)24)12-13-5-6-16(26-3)10-17(13)27-4/h5-6,10,14H,7-9,11-12H2,1-4H3,(H2,21,25)/t14-/m0/s1. The number of ketones is 1. The third-order valence-electron chi connectivity index (χ3n) is 4.77. The van der Waals surface area contributed by atoms with Crippen LogP contribution in [0.3, 0.4) is 0 Å². The van der Waals surface area contributed by atoms with E-state index in [2.05, 4.69) is 0 Å². The zero-order valence-corrected chi connectivity index (χ0v) is 16.8. The quantitative estimate of drug-likeness (QED) is 0.763. The van der Waals surface area contributed by atoms with Crippen LogP contribution in [0.25, 0.3) is 0 Å². The molecule has 0 unspecified atom stereocenters. The highest BCUT2D eigenvalue weighted by molar-refractivity contribution is 5.89. The summed E-state index contributed by atoms with van der Waals surface area (Å²) in [5.74, 6) is 0.550. The number of ether oxygens (including phenoxy) is 3. The largest absolute Gasteiger partial charge is 0.497 e. The van der Waals surface area contributed by atoms with E-state index in [0.717, 1.165) is 5.56 Å². The SMILES string of the molecule is COc1ccc(CN2CCC(=O)C[C@@H](CC(C)(C)OC(N)=O)C2=O)c(OC)c1. The number of rotatable bonds is 7. The number of hydrogen-bond acceptors (Lipinski definition) is 6. The molecule has 0 radical (unpaired) electrons. The van der Waals surface area contributed by atoms with Crippen LogP contribution in [-0.2, 0) is 20.9 Å². The van der Waals surface area contributed by atoms with Crippen LogP contribution in [0.1, 0.15) is 38.7 Å². The fraction of sp³-hybridized carbons (Fsp3) is 0.550. The van der Waals surface area contributed by atoms with Crippen molar-refractivity contribution in [2.24, 2.45) is 11.7 Å². The highest BCUT2D eigenvalue weighted by Gasteiger charge is 2.36. The Hall–Kier alpha value is -2.77. The van der Waals surface area contributed by atoms with Crippen molar-refractivity contribution >= 4 is 17.8 Å². The second kappa shape index (κ2) is 8.95. The minimum Gasteiger partial charge on any atom is -0.497 e. The average Bonchev–Trinajstić information content (AvgIpc) is 2.74. The molecule has 1 atom stereocenters. The number of primary amides is 1. The zero-order valence-electron chi connectivity index (χ0n) is 16.8. The van der Waals surface area contributed by atoms with E-state index in [-0.39, 0.29) is 31.0 Å². The zero-order chi connectivity index (χ0) is 20.9. The first-order valence-electron chi connectivity index (χ1n) is 9.15. The van der Waals surface area contributed by atoms with E-state index in [0.29, 0.717) is 24.6 Å². The van der Waals surface area contributed by atoms with Gasteiger partial charge in [-0.1, -0.05) is 0 Å². The van der Waals surface area contributed by atoms with Gasteiger partial charge in [-0.15, -0.1) is 0 Å². The fourth-order valence-electron chi connectivity index (χ4n) is 3.50. The van der Waals surface area contributed by atoms with E-state index in [9.17, 15) is 14.4 Å². The van der Waals surface area contributed by atoms with Gasteiger partial charge in [0.1, 0.15) is 22.9 Å². The third kappa shape index (κ3) is 5.61. The van der Waals surface area contributed by atoms with Crippen molar-refractivity contribution in [3.05, 3.63) is 23.8 Å². The highest BCUT2D eigenvalue weighted by atomic mass is 16.6. The Balaban J connectivity index is 2.21. The van der Waals surface area contributed by atoms with Crippen molar-refractivity contribution in [1.29, 1.82) is 0 Å². The Morgan fingerprint density at radius 2 is 1.96 bits per heavy atom. The van der Waals surface area contributed by atoms with Crippen LogP contribution in [0.2, 0.25) is 0 Å². The Morgan fingerprint density at radius 1 is 1.25 bits per heavy atom. The van der Waals surface area contributed by atoms with Gasteiger partial charge in [0.15, 0.2) is 0 Å². The normalized spacial score (nSPS) is 17.9. The maximum atomic E-state index is 13.1. The Morgan fingerprint density at radius 3 is 2.57 bits per heavy atom. The summed E-state index contributed by atoms with van der Waals surface area (Å²) in [5.41, 5.74) is 4.99. The van der Waals surface area contributed by atoms with Crippen LogP contribution in [0.5, 0.6) is 11.5 Å². The Labute approximate surface area is 164 Å². The molecule has 0 bridgehead atoms. The maximum absolute atomic E-state index is 13.1. The number of amides is 2. The van der Waals surface area contributed by atoms with E-state index in [4.69, 9.17) is 19.9 Å². The van der Waals surface area contributed by atoms with Gasteiger partial charge < -0.3 is 24.8 Å². The van der Waals surface area contributed by atoms with E-state index >= 15 is 0 Å². The fourth-order valence-corrected chi connectivity index (χ4v) is 3.50. The molecule has 154 valence electrons. The number of likely N-dealkylation sites (tertiary alicyclic amines) is 1. The van der Waals surface area contributed by atoms with Gasteiger partial charge in [0, 0.05) is 43.5 Å². The molecule has 1 heterocycles. The molecule has 0 aromatic heterocycles. The molecule has 1 saturated heterocycles. The van der Waals surface area contributed by atoms with Gasteiger partial charge in [-0.25, -0.2) is 4.79 Å². The first-order chi connectivity index (χ1) is 13.1. The lowest BCUT2D eigenvalue weighted by atomic mass is 9.89. The number of carbonyl (C=O) groups excluding carboxylic acids is 3. The van der Waals surface area contributed by atoms with Crippen molar-refractivity contribution in [3.8, 4) is 11.5 Å². The molecule has 0 saturated carbocycles. The smallest absolute Gasteiger partial charge is 0.405 e. The third-order valence-corrected chi connectivity index (χ3v) is 4.77. The number of benzene rings is 1.